The highest BCUT2D eigenvalue weighted by Crippen LogP contribution is 2.19. The van der Waals surface area contributed by atoms with Crippen LogP contribution >= 0.6 is 0 Å². The van der Waals surface area contributed by atoms with Gasteiger partial charge in [0.25, 0.3) is 0 Å². The van der Waals surface area contributed by atoms with Crippen LogP contribution in [0.5, 0.6) is 5.88 Å². The first-order valence-electron chi connectivity index (χ1n) is 4.59. The Bertz CT molecular complexity index is 461. The van der Waals surface area contributed by atoms with Crippen molar-refractivity contribution in [1.82, 2.24) is 20.0 Å². The lowest BCUT2D eigenvalue weighted by Gasteiger charge is -1.98. The molecule has 15 heavy (non-hydrogen) atoms. The molecule has 0 amide bonds. The van der Waals surface area contributed by atoms with Crippen LogP contribution in [0.3, 0.4) is 0 Å². The molecule has 2 rings (SSSR count). The highest BCUT2D eigenvalue weighted by Gasteiger charge is 2.08. The number of methoxy groups -OCH3 is 1. The Balaban J connectivity index is 2.41. The van der Waals surface area contributed by atoms with Gasteiger partial charge in [-0.05, 0) is 18.6 Å². The summed E-state index contributed by atoms with van der Waals surface area (Å²) in [6.07, 6.45) is 1.95. The third-order valence-electron chi connectivity index (χ3n) is 2.10. The first-order valence-corrected chi connectivity index (χ1v) is 4.59. The van der Waals surface area contributed by atoms with E-state index in [9.17, 15) is 0 Å². The lowest BCUT2D eigenvalue weighted by molar-refractivity contribution is 0.392. The summed E-state index contributed by atoms with van der Waals surface area (Å²) in [7, 11) is 3.45. The Morgan fingerprint density at radius 2 is 2.07 bits per heavy atom. The van der Waals surface area contributed by atoms with Gasteiger partial charge in [-0.2, -0.15) is 5.10 Å². The summed E-state index contributed by atoms with van der Waals surface area (Å²) in [5.41, 5.74) is 2.69. The molecule has 0 bridgehead atoms. The van der Waals surface area contributed by atoms with Crippen molar-refractivity contribution < 1.29 is 4.74 Å². The van der Waals surface area contributed by atoms with Gasteiger partial charge >= 0.3 is 0 Å². The van der Waals surface area contributed by atoms with E-state index >= 15 is 0 Å². The van der Waals surface area contributed by atoms with Crippen molar-refractivity contribution in [2.45, 2.75) is 6.92 Å². The lowest BCUT2D eigenvalue weighted by atomic mass is 10.2. The average molecular weight is 204 g/mol. The summed E-state index contributed by atoms with van der Waals surface area (Å²) < 4.78 is 6.70. The molecule has 78 valence electrons. The number of nitrogens with zero attached hydrogens (tertiary/aromatic N) is 4. The second-order valence-corrected chi connectivity index (χ2v) is 3.30. The normalized spacial score (nSPS) is 10.3. The summed E-state index contributed by atoms with van der Waals surface area (Å²) in [6, 6.07) is 3.62. The molecule has 0 atom stereocenters. The van der Waals surface area contributed by atoms with Gasteiger partial charge in [-0.1, -0.05) is 0 Å². The molecular weight excluding hydrogens is 192 g/mol. The van der Waals surface area contributed by atoms with Gasteiger partial charge in [0.2, 0.25) is 5.88 Å². The van der Waals surface area contributed by atoms with Crippen molar-refractivity contribution in [1.29, 1.82) is 0 Å². The molecule has 0 aliphatic carbocycles. The fourth-order valence-electron chi connectivity index (χ4n) is 1.42. The molecular formula is C10H12N4O. The molecule has 0 spiro atoms. The number of ether oxygens (including phenoxy) is 1. The number of hydrogen-bond donors (Lipinski definition) is 0. The van der Waals surface area contributed by atoms with Gasteiger partial charge in [-0.3, -0.25) is 4.68 Å². The van der Waals surface area contributed by atoms with Crippen LogP contribution in [0, 0.1) is 6.92 Å². The zero-order chi connectivity index (χ0) is 10.8. The number of rotatable bonds is 2. The topological polar surface area (TPSA) is 52.8 Å². The van der Waals surface area contributed by atoms with Crippen LogP contribution in [0.15, 0.2) is 18.3 Å². The minimum absolute atomic E-state index is 0.507. The minimum atomic E-state index is 0.507. The van der Waals surface area contributed by atoms with Crippen molar-refractivity contribution in [2.24, 2.45) is 7.05 Å². The quantitative estimate of drug-likeness (QED) is 0.737. The zero-order valence-electron chi connectivity index (χ0n) is 8.93. The predicted molar refractivity (Wildman–Crippen MR) is 55.5 cm³/mol. The molecule has 2 heterocycles. The van der Waals surface area contributed by atoms with Gasteiger partial charge < -0.3 is 4.74 Å². The first kappa shape index (κ1) is 9.64. The number of aryl methyl sites for hydroxylation is 2. The Morgan fingerprint density at radius 1 is 1.27 bits per heavy atom. The van der Waals surface area contributed by atoms with E-state index in [0.717, 1.165) is 17.0 Å². The van der Waals surface area contributed by atoms with E-state index in [1.54, 1.807) is 17.9 Å². The Kier molecular flexibility index (Phi) is 2.37. The second kappa shape index (κ2) is 3.68. The van der Waals surface area contributed by atoms with Crippen molar-refractivity contribution in [2.75, 3.05) is 7.11 Å². The van der Waals surface area contributed by atoms with E-state index in [-0.39, 0.29) is 0 Å². The second-order valence-electron chi connectivity index (χ2n) is 3.30. The molecule has 0 saturated carbocycles. The molecule has 0 aromatic carbocycles. The zero-order valence-corrected chi connectivity index (χ0v) is 8.93. The summed E-state index contributed by atoms with van der Waals surface area (Å²) in [4.78, 5) is 0. The van der Waals surface area contributed by atoms with Crippen molar-refractivity contribution in [3.8, 4) is 17.3 Å². The highest BCUT2D eigenvalue weighted by molar-refractivity contribution is 5.57. The van der Waals surface area contributed by atoms with Crippen LogP contribution < -0.4 is 4.74 Å². The molecule has 0 radical (unpaired) electrons. The SMILES string of the molecule is COc1ccc(-c2nn(C)cc2C)nn1. The largest absolute Gasteiger partial charge is 0.480 e. The van der Waals surface area contributed by atoms with Crippen LogP contribution in [-0.4, -0.2) is 27.1 Å². The third-order valence-corrected chi connectivity index (χ3v) is 2.10. The maximum Gasteiger partial charge on any atom is 0.233 e. The van der Waals surface area contributed by atoms with E-state index in [1.165, 1.54) is 0 Å². The van der Waals surface area contributed by atoms with Gasteiger partial charge in [0.15, 0.2) is 0 Å². The van der Waals surface area contributed by atoms with Crippen LogP contribution in [0.4, 0.5) is 0 Å². The van der Waals surface area contributed by atoms with Gasteiger partial charge in [0.05, 0.1) is 7.11 Å². The third kappa shape index (κ3) is 1.81. The maximum absolute atomic E-state index is 4.94. The number of aromatic nitrogens is 4. The molecule has 0 N–H and O–H groups in total. The van der Waals surface area contributed by atoms with Gasteiger partial charge in [0.1, 0.15) is 11.4 Å². The van der Waals surface area contributed by atoms with Gasteiger partial charge in [-0.15, -0.1) is 10.2 Å². The van der Waals surface area contributed by atoms with E-state index in [0.29, 0.717) is 5.88 Å². The van der Waals surface area contributed by atoms with Crippen LogP contribution in [0.25, 0.3) is 11.4 Å². The lowest BCUT2D eigenvalue weighted by Crippen LogP contribution is -1.94. The smallest absolute Gasteiger partial charge is 0.233 e. The Labute approximate surface area is 87.7 Å². The molecule has 0 unspecified atom stereocenters. The van der Waals surface area contributed by atoms with Crippen LogP contribution in [-0.2, 0) is 7.05 Å². The summed E-state index contributed by atoms with van der Waals surface area (Å²) >= 11 is 0. The summed E-state index contributed by atoms with van der Waals surface area (Å²) in [5, 5.41) is 12.3. The highest BCUT2D eigenvalue weighted by atomic mass is 16.5. The molecule has 2 aromatic heterocycles. The summed E-state index contributed by atoms with van der Waals surface area (Å²) in [6.45, 7) is 1.99. The van der Waals surface area contributed by atoms with E-state index in [1.807, 2.05) is 26.2 Å². The van der Waals surface area contributed by atoms with E-state index < -0.39 is 0 Å². The average Bonchev–Trinajstić information content (AvgIpc) is 2.58. The van der Waals surface area contributed by atoms with Gasteiger partial charge in [-0.25, -0.2) is 0 Å². The fourth-order valence-corrected chi connectivity index (χ4v) is 1.42. The van der Waals surface area contributed by atoms with Crippen LogP contribution in [0.1, 0.15) is 5.56 Å². The first-order chi connectivity index (χ1) is 7.20. The molecule has 0 aliphatic heterocycles. The maximum atomic E-state index is 4.94. The Hall–Kier alpha value is -1.91. The molecule has 0 aliphatic rings. The monoisotopic (exact) mass is 204 g/mol. The van der Waals surface area contributed by atoms with Gasteiger partial charge in [0, 0.05) is 19.3 Å². The van der Waals surface area contributed by atoms with E-state index in [4.69, 9.17) is 4.74 Å². The minimum Gasteiger partial charge on any atom is -0.480 e. The molecule has 0 saturated heterocycles. The molecule has 2 aromatic rings. The van der Waals surface area contributed by atoms with Crippen molar-refractivity contribution in [3.05, 3.63) is 23.9 Å². The summed E-state index contributed by atoms with van der Waals surface area (Å²) in [5.74, 6) is 0.507. The predicted octanol–water partition coefficient (Wildman–Crippen LogP) is 1.19. The van der Waals surface area contributed by atoms with Crippen molar-refractivity contribution >= 4 is 0 Å². The van der Waals surface area contributed by atoms with E-state index in [2.05, 4.69) is 15.3 Å². The number of hydrogen-bond acceptors (Lipinski definition) is 4. The molecule has 5 nitrogen and oxygen atoms in total. The Morgan fingerprint density at radius 3 is 2.53 bits per heavy atom. The fraction of sp³-hybridized carbons (Fsp3) is 0.300. The van der Waals surface area contributed by atoms with Crippen LogP contribution in [0.2, 0.25) is 0 Å². The van der Waals surface area contributed by atoms with Crippen molar-refractivity contribution in [3.63, 3.8) is 0 Å². The molecule has 0 fully saturated rings. The standard InChI is InChI=1S/C10H12N4O/c1-7-6-14(2)13-10(7)8-4-5-9(15-3)12-11-8/h4-6H,1-3H3. The molecule has 5 heteroatoms.